The van der Waals surface area contributed by atoms with Crippen LogP contribution in [0, 0.1) is 23.7 Å². The lowest BCUT2D eigenvalue weighted by molar-refractivity contribution is -0.137. The highest BCUT2D eigenvalue weighted by Crippen LogP contribution is 2.52. The summed E-state index contributed by atoms with van der Waals surface area (Å²) in [4.78, 5) is 13.1. The van der Waals surface area contributed by atoms with E-state index in [1.165, 1.54) is 69.1 Å². The van der Waals surface area contributed by atoms with Gasteiger partial charge in [-0.3, -0.25) is 4.79 Å². The minimum Gasteiger partial charge on any atom is -0.317 e. The maximum atomic E-state index is 13.1. The molecule has 2 bridgehead atoms. The Morgan fingerprint density at radius 2 is 1.55 bits per heavy atom. The summed E-state index contributed by atoms with van der Waals surface area (Å²) in [6, 6.07) is 23.6. The Hall–Kier alpha value is -3.34. The number of fused-ring (bicyclic) bond motifs is 3. The molecule has 0 amide bonds. The smallest absolute Gasteiger partial charge is 0.317 e. The molecule has 4 atom stereocenters. The van der Waals surface area contributed by atoms with Crippen molar-refractivity contribution < 1.29 is 18.0 Å². The highest BCUT2D eigenvalue weighted by Gasteiger charge is 2.41. The number of halogens is 3. The van der Waals surface area contributed by atoms with Crippen LogP contribution in [0.5, 0.6) is 0 Å². The molecule has 220 valence electrons. The number of alkyl halides is 3. The zero-order valence-corrected chi connectivity index (χ0v) is 24.2. The van der Waals surface area contributed by atoms with Gasteiger partial charge in [0.25, 0.3) is 0 Å². The zero-order valence-electron chi connectivity index (χ0n) is 24.2. The van der Waals surface area contributed by atoms with E-state index in [0.717, 1.165) is 59.5 Å². The van der Waals surface area contributed by atoms with Crippen LogP contribution < -0.4 is 0 Å². The summed E-state index contributed by atoms with van der Waals surface area (Å²) in [6.07, 6.45) is 10.7. The van der Waals surface area contributed by atoms with Crippen molar-refractivity contribution in [1.82, 2.24) is 4.57 Å². The van der Waals surface area contributed by atoms with Gasteiger partial charge in [-0.2, -0.15) is 13.2 Å². The fourth-order valence-corrected chi connectivity index (χ4v) is 7.87. The summed E-state index contributed by atoms with van der Waals surface area (Å²) >= 11 is 0. The van der Waals surface area contributed by atoms with Gasteiger partial charge in [-0.1, -0.05) is 55.3 Å². The van der Waals surface area contributed by atoms with Gasteiger partial charge in [0, 0.05) is 23.9 Å². The number of unbranched alkanes of at least 4 members (excludes halogenated alkanes) is 1. The van der Waals surface area contributed by atoms with Crippen LogP contribution in [0.1, 0.15) is 85.7 Å². The van der Waals surface area contributed by atoms with Crippen molar-refractivity contribution in [2.24, 2.45) is 23.7 Å². The van der Waals surface area contributed by atoms with E-state index in [-0.39, 0.29) is 5.78 Å². The summed E-state index contributed by atoms with van der Waals surface area (Å²) in [5.74, 6) is 3.67. The van der Waals surface area contributed by atoms with Crippen molar-refractivity contribution in [3.63, 3.8) is 0 Å². The Morgan fingerprint density at radius 1 is 0.810 bits per heavy atom. The Morgan fingerprint density at radius 3 is 2.26 bits per heavy atom. The first kappa shape index (κ1) is 28.8. The van der Waals surface area contributed by atoms with Crippen LogP contribution in [-0.4, -0.2) is 10.4 Å². The number of hydrogen-bond donors (Lipinski definition) is 0. The third-order valence-electron chi connectivity index (χ3n) is 9.99. The number of rotatable bonds is 11. The number of ketones is 1. The maximum Gasteiger partial charge on any atom is 0.416 e. The van der Waals surface area contributed by atoms with Gasteiger partial charge in [0.2, 0.25) is 0 Å². The second kappa shape index (κ2) is 12.5. The lowest BCUT2D eigenvalue weighted by atomic mass is 9.70. The van der Waals surface area contributed by atoms with E-state index in [0.29, 0.717) is 17.7 Å². The monoisotopic (exact) mass is 571 g/mol. The van der Waals surface area contributed by atoms with Gasteiger partial charge >= 0.3 is 6.18 Å². The zero-order chi connectivity index (χ0) is 29.1. The van der Waals surface area contributed by atoms with Crippen LogP contribution in [0.2, 0.25) is 0 Å². The van der Waals surface area contributed by atoms with Crippen molar-refractivity contribution in [2.75, 3.05) is 0 Å². The van der Waals surface area contributed by atoms with Crippen molar-refractivity contribution in [2.45, 2.75) is 76.8 Å². The van der Waals surface area contributed by atoms with Gasteiger partial charge in [0.1, 0.15) is 0 Å². The molecule has 3 aromatic carbocycles. The molecule has 1 unspecified atom stereocenters. The van der Waals surface area contributed by atoms with E-state index in [1.54, 1.807) is 0 Å². The summed E-state index contributed by atoms with van der Waals surface area (Å²) in [6.45, 7) is 0. The molecule has 2 nitrogen and oxygen atoms in total. The van der Waals surface area contributed by atoms with Crippen molar-refractivity contribution in [3.05, 3.63) is 102 Å². The van der Waals surface area contributed by atoms with E-state index in [4.69, 9.17) is 0 Å². The third-order valence-corrected chi connectivity index (χ3v) is 9.99. The molecule has 2 aliphatic rings. The number of hydrogen-bond acceptors (Lipinski definition) is 1. The van der Waals surface area contributed by atoms with Crippen molar-refractivity contribution >= 4 is 16.7 Å². The molecular weight excluding hydrogens is 531 g/mol. The van der Waals surface area contributed by atoms with Gasteiger partial charge in [-0.05, 0) is 122 Å². The number of benzene rings is 3. The Balaban J connectivity index is 0.978. The molecule has 0 saturated heterocycles. The van der Waals surface area contributed by atoms with Crippen LogP contribution in [-0.2, 0) is 12.6 Å². The van der Waals surface area contributed by atoms with Crippen LogP contribution in [0.4, 0.5) is 13.2 Å². The van der Waals surface area contributed by atoms with Gasteiger partial charge in [-0.15, -0.1) is 0 Å². The van der Waals surface area contributed by atoms with E-state index in [9.17, 15) is 18.0 Å². The molecule has 2 aliphatic carbocycles. The summed E-state index contributed by atoms with van der Waals surface area (Å²) in [5.41, 5.74) is 2.93. The number of nitrogens with zero attached hydrogens (tertiary/aromatic N) is 1. The van der Waals surface area contributed by atoms with Gasteiger partial charge in [-0.25, -0.2) is 0 Å². The third kappa shape index (κ3) is 6.50. The number of carbonyl (C=O) groups is 1. The predicted molar refractivity (Wildman–Crippen MR) is 163 cm³/mol. The lowest BCUT2D eigenvalue weighted by Crippen LogP contribution is -2.26. The Labute approximate surface area is 246 Å². The highest BCUT2D eigenvalue weighted by molar-refractivity contribution is 5.99. The maximum absolute atomic E-state index is 13.1. The first-order valence-electron chi connectivity index (χ1n) is 15.7. The molecule has 0 N–H and O–H groups in total. The highest BCUT2D eigenvalue weighted by atomic mass is 19.4. The second-order valence-electron chi connectivity index (χ2n) is 12.6. The molecule has 5 heteroatoms. The molecule has 1 heterocycles. The number of aromatic nitrogens is 1. The van der Waals surface area contributed by atoms with E-state index in [2.05, 4.69) is 30.3 Å². The summed E-state index contributed by atoms with van der Waals surface area (Å²) in [5, 5.41) is 0.955. The predicted octanol–water partition coefficient (Wildman–Crippen LogP) is 10.5. The van der Waals surface area contributed by atoms with Crippen LogP contribution in [0.15, 0.2) is 85.1 Å². The van der Waals surface area contributed by atoms with E-state index >= 15 is 0 Å². The quantitative estimate of drug-likeness (QED) is 0.130. The normalized spacial score (nSPS) is 22.1. The fourth-order valence-electron chi connectivity index (χ4n) is 7.87. The molecule has 1 aromatic heterocycles. The number of carbonyl (C=O) groups excluding carboxylic acids is 1. The molecule has 0 aliphatic heterocycles. The second-order valence-corrected chi connectivity index (χ2v) is 12.6. The van der Waals surface area contributed by atoms with Gasteiger partial charge < -0.3 is 4.57 Å². The summed E-state index contributed by atoms with van der Waals surface area (Å²) < 4.78 is 40.8. The molecule has 6 rings (SSSR count). The standard InChI is InChI=1S/C37H40F3NO/c38-37(39,40)32-17-19-33(20-18-32)41-22-21-28-13-16-31(25-35(28)41)36(42)12-5-4-9-27-23-29-14-15-30(24-27)34(29)11-6-10-26-7-2-1-3-8-26/h1-3,7-8,13,16-22,25,27,29-30,34H,4-6,9-12,14-15,23-24H2/t27-,29-,30+,34?. The van der Waals surface area contributed by atoms with Crippen LogP contribution in [0.25, 0.3) is 16.6 Å². The van der Waals surface area contributed by atoms with E-state index < -0.39 is 11.7 Å². The van der Waals surface area contributed by atoms with Gasteiger partial charge in [0.05, 0.1) is 11.1 Å². The SMILES string of the molecule is O=C(CCCC[C@@H]1C[C@H]2CC[C@@H](C1)C2CCCc1ccccc1)c1ccc2ccn(-c3ccc(C(F)(F)F)cc3)c2c1. The van der Waals surface area contributed by atoms with E-state index in [1.807, 2.05) is 35.0 Å². The average Bonchev–Trinajstić information content (AvgIpc) is 3.52. The van der Waals surface area contributed by atoms with Gasteiger partial charge in [0.15, 0.2) is 5.78 Å². The summed E-state index contributed by atoms with van der Waals surface area (Å²) in [7, 11) is 0. The van der Waals surface area contributed by atoms with Crippen molar-refractivity contribution in [1.29, 1.82) is 0 Å². The molecule has 0 radical (unpaired) electrons. The Kier molecular flexibility index (Phi) is 8.55. The molecule has 4 aromatic rings. The minimum atomic E-state index is -4.36. The minimum absolute atomic E-state index is 0.138. The molecule has 2 fully saturated rings. The van der Waals surface area contributed by atoms with Crippen LogP contribution >= 0.6 is 0 Å². The fraction of sp³-hybridized carbons (Fsp3) is 0.432. The van der Waals surface area contributed by atoms with Crippen LogP contribution in [0.3, 0.4) is 0 Å². The lowest BCUT2D eigenvalue weighted by Gasteiger charge is -2.35. The number of Topliss-reactive ketones (excluding diaryl/α,β-unsaturated/α-hetero) is 1. The first-order chi connectivity index (χ1) is 20.3. The Bertz CT molecular complexity index is 1470. The largest absolute Gasteiger partial charge is 0.416 e. The first-order valence-corrected chi connectivity index (χ1v) is 15.7. The molecular formula is C37H40F3NO. The molecule has 0 spiro atoms. The molecule has 2 saturated carbocycles. The number of aryl methyl sites for hydroxylation is 1. The molecule has 42 heavy (non-hydrogen) atoms. The van der Waals surface area contributed by atoms with Crippen molar-refractivity contribution in [3.8, 4) is 5.69 Å². The topological polar surface area (TPSA) is 22.0 Å². The average molecular weight is 572 g/mol.